The van der Waals surface area contributed by atoms with Crippen LogP contribution in [0.15, 0.2) is 70.5 Å². The monoisotopic (exact) mass is 419 g/mol. The van der Waals surface area contributed by atoms with Gasteiger partial charge in [-0.05, 0) is 54.3 Å². The number of benzene rings is 3. The Hall–Kier alpha value is -3.25. The Balaban J connectivity index is 1.77. The van der Waals surface area contributed by atoms with Crippen molar-refractivity contribution in [2.24, 2.45) is 0 Å². The van der Waals surface area contributed by atoms with E-state index in [1.54, 1.807) is 12.1 Å². The van der Waals surface area contributed by atoms with E-state index in [4.69, 9.17) is 0 Å². The molecule has 1 aliphatic heterocycles. The molecule has 3 aromatic rings. The van der Waals surface area contributed by atoms with Crippen LogP contribution in [0.5, 0.6) is 0 Å². The highest BCUT2D eigenvalue weighted by Gasteiger charge is 2.35. The first-order valence-corrected chi connectivity index (χ1v) is 11.1. The van der Waals surface area contributed by atoms with Crippen molar-refractivity contribution < 1.29 is 18.0 Å². The highest BCUT2D eigenvalue weighted by atomic mass is 32.2. The Morgan fingerprint density at radius 2 is 1.60 bits per heavy atom. The van der Waals surface area contributed by atoms with Gasteiger partial charge in [-0.2, -0.15) is 0 Å². The zero-order chi connectivity index (χ0) is 21.6. The lowest BCUT2D eigenvalue weighted by Gasteiger charge is -2.20. The SMILES string of the molecule is Cc1cccc(C(C)C)c1NC(=O)c1ccc2c(c1)S(=O)(=O)c1ccccc1C2=O. The van der Waals surface area contributed by atoms with E-state index >= 15 is 0 Å². The maximum absolute atomic E-state index is 13.1. The van der Waals surface area contributed by atoms with Gasteiger partial charge >= 0.3 is 0 Å². The summed E-state index contributed by atoms with van der Waals surface area (Å²) in [6, 6.07) is 16.1. The van der Waals surface area contributed by atoms with Crippen molar-refractivity contribution in [1.29, 1.82) is 0 Å². The van der Waals surface area contributed by atoms with E-state index in [0.29, 0.717) is 0 Å². The number of rotatable bonds is 3. The lowest BCUT2D eigenvalue weighted by Crippen LogP contribution is -2.22. The Bertz CT molecular complexity index is 1310. The predicted molar refractivity (Wildman–Crippen MR) is 115 cm³/mol. The van der Waals surface area contributed by atoms with Crippen LogP contribution in [0.4, 0.5) is 5.69 Å². The van der Waals surface area contributed by atoms with Crippen LogP contribution in [0, 0.1) is 6.92 Å². The Morgan fingerprint density at radius 1 is 0.900 bits per heavy atom. The molecule has 0 saturated carbocycles. The summed E-state index contributed by atoms with van der Waals surface area (Å²) in [5, 5.41) is 2.92. The minimum absolute atomic E-state index is 0.0268. The second kappa shape index (κ2) is 7.22. The van der Waals surface area contributed by atoms with Crippen LogP contribution in [0.2, 0.25) is 0 Å². The molecular weight excluding hydrogens is 398 g/mol. The van der Waals surface area contributed by atoms with Gasteiger partial charge in [-0.1, -0.05) is 44.2 Å². The van der Waals surface area contributed by atoms with E-state index in [1.165, 1.54) is 30.3 Å². The number of sulfone groups is 1. The Morgan fingerprint density at radius 3 is 2.33 bits per heavy atom. The molecule has 6 heteroatoms. The van der Waals surface area contributed by atoms with E-state index in [1.807, 2.05) is 39.0 Å². The van der Waals surface area contributed by atoms with Crippen LogP contribution in [-0.2, 0) is 9.84 Å². The van der Waals surface area contributed by atoms with Gasteiger partial charge in [-0.3, -0.25) is 9.59 Å². The largest absolute Gasteiger partial charge is 0.321 e. The van der Waals surface area contributed by atoms with E-state index in [-0.39, 0.29) is 38.2 Å². The first-order valence-electron chi connectivity index (χ1n) is 9.65. The van der Waals surface area contributed by atoms with Crippen molar-refractivity contribution in [2.75, 3.05) is 5.32 Å². The lowest BCUT2D eigenvalue weighted by molar-refractivity contribution is 0.101. The number of fused-ring (bicyclic) bond motifs is 2. The summed E-state index contributed by atoms with van der Waals surface area (Å²) in [5.41, 5.74) is 3.07. The maximum Gasteiger partial charge on any atom is 0.255 e. The van der Waals surface area contributed by atoms with Crippen molar-refractivity contribution in [2.45, 2.75) is 36.5 Å². The Labute approximate surface area is 175 Å². The van der Waals surface area contributed by atoms with E-state index in [9.17, 15) is 18.0 Å². The van der Waals surface area contributed by atoms with Gasteiger partial charge in [-0.15, -0.1) is 0 Å². The van der Waals surface area contributed by atoms with Gasteiger partial charge in [-0.25, -0.2) is 8.42 Å². The minimum atomic E-state index is -3.89. The first kappa shape index (κ1) is 20.0. The standard InChI is InChI=1S/C24H21NO4S/c1-14(2)17-9-6-7-15(3)22(17)25-24(27)16-11-12-19-21(13-16)30(28,29)20-10-5-4-8-18(20)23(19)26/h4-14H,1-3H3,(H,25,27). The van der Waals surface area contributed by atoms with E-state index in [0.717, 1.165) is 16.8 Å². The molecule has 0 spiro atoms. The number of hydrogen-bond acceptors (Lipinski definition) is 4. The molecule has 0 fully saturated rings. The molecule has 4 rings (SSSR count). The summed E-state index contributed by atoms with van der Waals surface area (Å²) in [6.07, 6.45) is 0. The van der Waals surface area contributed by atoms with Crippen molar-refractivity contribution >= 4 is 27.2 Å². The molecule has 1 N–H and O–H groups in total. The highest BCUT2D eigenvalue weighted by molar-refractivity contribution is 7.91. The molecule has 5 nitrogen and oxygen atoms in total. The van der Waals surface area contributed by atoms with Crippen LogP contribution in [0.3, 0.4) is 0 Å². The molecule has 0 atom stereocenters. The van der Waals surface area contributed by atoms with E-state index < -0.39 is 15.7 Å². The van der Waals surface area contributed by atoms with Gasteiger partial charge in [0, 0.05) is 22.4 Å². The number of carbonyl (C=O) groups excluding carboxylic acids is 2. The normalized spacial score (nSPS) is 14.2. The van der Waals surface area contributed by atoms with Crippen molar-refractivity contribution in [3.8, 4) is 0 Å². The van der Waals surface area contributed by atoms with Crippen molar-refractivity contribution in [1.82, 2.24) is 0 Å². The highest BCUT2D eigenvalue weighted by Crippen LogP contribution is 2.35. The van der Waals surface area contributed by atoms with Crippen molar-refractivity contribution in [3.63, 3.8) is 0 Å². The molecule has 152 valence electrons. The van der Waals surface area contributed by atoms with E-state index in [2.05, 4.69) is 5.32 Å². The number of ketones is 1. The third-order valence-electron chi connectivity index (χ3n) is 5.36. The summed E-state index contributed by atoms with van der Waals surface area (Å²) in [7, 11) is -3.89. The third-order valence-corrected chi connectivity index (χ3v) is 7.22. The van der Waals surface area contributed by atoms with Crippen LogP contribution in [-0.4, -0.2) is 20.1 Å². The number of aryl methyl sites for hydroxylation is 1. The molecule has 1 aliphatic rings. The first-order chi connectivity index (χ1) is 14.2. The average Bonchev–Trinajstić information content (AvgIpc) is 2.73. The molecule has 0 aromatic heterocycles. The van der Waals surface area contributed by atoms with Crippen LogP contribution in [0.1, 0.15) is 57.2 Å². The molecule has 1 amide bonds. The number of carbonyl (C=O) groups is 2. The van der Waals surface area contributed by atoms with Gasteiger partial charge in [0.15, 0.2) is 5.78 Å². The molecule has 0 saturated heterocycles. The minimum Gasteiger partial charge on any atom is -0.321 e. The number of hydrogen-bond donors (Lipinski definition) is 1. The molecule has 0 unspecified atom stereocenters. The van der Waals surface area contributed by atoms with Gasteiger partial charge in [0.25, 0.3) is 5.91 Å². The zero-order valence-electron chi connectivity index (χ0n) is 16.9. The lowest BCUT2D eigenvalue weighted by atomic mass is 9.97. The molecule has 3 aromatic carbocycles. The predicted octanol–water partition coefficient (Wildman–Crippen LogP) is 4.75. The molecular formula is C24H21NO4S. The van der Waals surface area contributed by atoms with Gasteiger partial charge in [0.1, 0.15) is 0 Å². The van der Waals surface area contributed by atoms with Crippen LogP contribution >= 0.6 is 0 Å². The number of anilines is 1. The van der Waals surface area contributed by atoms with Gasteiger partial charge in [0.05, 0.1) is 9.79 Å². The summed E-state index contributed by atoms with van der Waals surface area (Å²) < 4.78 is 26.2. The fourth-order valence-electron chi connectivity index (χ4n) is 3.75. The third kappa shape index (κ3) is 3.13. The topological polar surface area (TPSA) is 80.3 Å². The average molecular weight is 420 g/mol. The Kier molecular flexibility index (Phi) is 4.82. The molecule has 0 bridgehead atoms. The van der Waals surface area contributed by atoms with Gasteiger partial charge in [0.2, 0.25) is 9.84 Å². The molecule has 0 radical (unpaired) electrons. The summed E-state index contributed by atoms with van der Waals surface area (Å²) in [4.78, 5) is 25.6. The quantitative estimate of drug-likeness (QED) is 0.520. The second-order valence-corrected chi connectivity index (χ2v) is 9.57. The smallest absolute Gasteiger partial charge is 0.255 e. The van der Waals surface area contributed by atoms with Gasteiger partial charge < -0.3 is 5.32 Å². The van der Waals surface area contributed by atoms with Crippen LogP contribution < -0.4 is 5.32 Å². The molecule has 1 heterocycles. The fourth-order valence-corrected chi connectivity index (χ4v) is 5.43. The van der Waals surface area contributed by atoms with Crippen LogP contribution in [0.25, 0.3) is 0 Å². The zero-order valence-corrected chi connectivity index (χ0v) is 17.7. The fraction of sp³-hybridized carbons (Fsp3) is 0.167. The second-order valence-electron chi connectivity index (χ2n) is 7.69. The van der Waals surface area contributed by atoms with Crippen molar-refractivity contribution in [3.05, 3.63) is 88.5 Å². The number of amides is 1. The number of nitrogens with one attached hydrogen (secondary N) is 1. The summed E-state index contributed by atoms with van der Waals surface area (Å²) in [5.74, 6) is -0.572. The maximum atomic E-state index is 13.1. The summed E-state index contributed by atoms with van der Waals surface area (Å²) >= 11 is 0. The molecule has 30 heavy (non-hydrogen) atoms. The molecule has 0 aliphatic carbocycles. The summed E-state index contributed by atoms with van der Waals surface area (Å²) in [6.45, 7) is 5.99. The number of para-hydroxylation sites is 1.